The van der Waals surface area contributed by atoms with Gasteiger partial charge in [-0.15, -0.1) is 6.58 Å². The highest BCUT2D eigenvalue weighted by molar-refractivity contribution is 5.82. The van der Waals surface area contributed by atoms with Crippen LogP contribution in [0.25, 0.3) is 6.08 Å². The van der Waals surface area contributed by atoms with Crippen LogP contribution in [0.1, 0.15) is 24.0 Å². The van der Waals surface area contributed by atoms with Crippen molar-refractivity contribution in [1.82, 2.24) is 0 Å². The van der Waals surface area contributed by atoms with Gasteiger partial charge in [0.2, 0.25) is 0 Å². The van der Waals surface area contributed by atoms with E-state index in [9.17, 15) is 9.90 Å². The highest BCUT2D eigenvalue weighted by atomic mass is 16.4. The molecule has 1 unspecified atom stereocenters. The van der Waals surface area contributed by atoms with E-state index in [4.69, 9.17) is 10.8 Å². The number of rotatable bonds is 9. The number of nitrogens with two attached hydrogens (primary N) is 1. The van der Waals surface area contributed by atoms with Crippen LogP contribution in [0.3, 0.4) is 0 Å². The number of hydrogen-bond donors (Lipinski definition) is 3. The van der Waals surface area contributed by atoms with Crippen LogP contribution in [0.15, 0.2) is 41.9 Å². The first-order valence-corrected chi connectivity index (χ1v) is 7.14. The highest BCUT2D eigenvalue weighted by Gasteiger charge is 2.13. The molecule has 0 saturated heterocycles. The fraction of sp³-hybridized carbons (Fsp3) is 0.294. The van der Waals surface area contributed by atoms with Crippen LogP contribution in [0.2, 0.25) is 0 Å². The van der Waals surface area contributed by atoms with E-state index in [0.717, 1.165) is 5.56 Å². The first kappa shape index (κ1) is 17.7. The van der Waals surface area contributed by atoms with Gasteiger partial charge in [0.15, 0.2) is 0 Å². The maximum Gasteiger partial charge on any atom is 0.328 e. The van der Waals surface area contributed by atoms with Crippen molar-refractivity contribution < 1.29 is 15.0 Å². The third kappa shape index (κ3) is 5.54. The van der Waals surface area contributed by atoms with Crippen LogP contribution in [-0.4, -0.2) is 35.0 Å². The van der Waals surface area contributed by atoms with Crippen LogP contribution in [0.4, 0.5) is 0 Å². The number of carboxylic acids is 1. The van der Waals surface area contributed by atoms with Gasteiger partial charge < -0.3 is 15.9 Å². The molecule has 5 nitrogen and oxygen atoms in total. The molecule has 0 radical (unpaired) electrons. The Hall–Kier alpha value is -2.40. The maximum absolute atomic E-state index is 11.0. The summed E-state index contributed by atoms with van der Waals surface area (Å²) in [6.45, 7) is 4.09. The summed E-state index contributed by atoms with van der Waals surface area (Å²) in [5.41, 5.74) is 6.81. The number of benzene rings is 1. The summed E-state index contributed by atoms with van der Waals surface area (Å²) in [6.07, 6.45) is 8.08. The van der Waals surface area contributed by atoms with Crippen molar-refractivity contribution in [1.29, 1.82) is 0 Å². The molecule has 118 valence electrons. The number of para-hydroxylation sites is 1. The minimum atomic E-state index is -0.964. The second-order valence-corrected chi connectivity index (χ2v) is 4.79. The lowest BCUT2D eigenvalue weighted by atomic mass is 10.1. The first-order chi connectivity index (χ1) is 10.6. The summed E-state index contributed by atoms with van der Waals surface area (Å²) in [7, 11) is 0. The third-order valence-corrected chi connectivity index (χ3v) is 3.11. The number of carbonyl (C=O) groups is 1. The predicted molar refractivity (Wildman–Crippen MR) is 89.2 cm³/mol. The topological polar surface area (TPSA) is 95.9 Å². The lowest BCUT2D eigenvalue weighted by Crippen LogP contribution is -2.19. The Morgan fingerprint density at radius 3 is 2.86 bits per heavy atom. The van der Waals surface area contributed by atoms with Gasteiger partial charge in [0.05, 0.1) is 0 Å². The Balaban J connectivity index is 2.75. The summed E-state index contributed by atoms with van der Waals surface area (Å²) in [5, 5.41) is 19.1. The van der Waals surface area contributed by atoms with Gasteiger partial charge in [-0.1, -0.05) is 24.3 Å². The number of carboxylic acid groups (broad SMARTS) is 1. The average Bonchev–Trinajstić information content (AvgIpc) is 2.49. The van der Waals surface area contributed by atoms with E-state index in [1.807, 2.05) is 12.1 Å². The monoisotopic (exact) mass is 302 g/mol. The minimum Gasteiger partial charge on any atom is -0.507 e. The first-order valence-electron chi connectivity index (χ1n) is 7.14. The van der Waals surface area contributed by atoms with Gasteiger partial charge in [0.25, 0.3) is 0 Å². The van der Waals surface area contributed by atoms with E-state index < -0.39 is 12.0 Å². The fourth-order valence-electron chi connectivity index (χ4n) is 1.94. The van der Waals surface area contributed by atoms with Crippen LogP contribution in [0, 0.1) is 0 Å². The summed E-state index contributed by atoms with van der Waals surface area (Å²) in [5.74, 6) is -0.765. The summed E-state index contributed by atoms with van der Waals surface area (Å²) >= 11 is 0. The van der Waals surface area contributed by atoms with Crippen molar-refractivity contribution in [2.45, 2.75) is 25.3 Å². The van der Waals surface area contributed by atoms with Gasteiger partial charge >= 0.3 is 5.97 Å². The van der Waals surface area contributed by atoms with Crippen molar-refractivity contribution >= 4 is 18.3 Å². The second-order valence-electron chi connectivity index (χ2n) is 4.79. The number of aliphatic carboxylic acids is 1. The Morgan fingerprint density at radius 1 is 1.45 bits per heavy atom. The van der Waals surface area contributed by atoms with Gasteiger partial charge in [-0.05, 0) is 43.5 Å². The van der Waals surface area contributed by atoms with Crippen molar-refractivity contribution in [3.63, 3.8) is 0 Å². The Bertz CT molecular complexity index is 565. The number of phenols is 1. The minimum absolute atomic E-state index is 0.199. The van der Waals surface area contributed by atoms with Crippen LogP contribution < -0.4 is 5.73 Å². The molecule has 0 bridgehead atoms. The van der Waals surface area contributed by atoms with Gasteiger partial charge in [0, 0.05) is 11.8 Å². The van der Waals surface area contributed by atoms with Crippen molar-refractivity contribution in [2.75, 3.05) is 6.54 Å². The average molecular weight is 302 g/mol. The number of nitrogens with zero attached hydrogens (tertiary/aromatic N) is 1. The SMILES string of the molecule is C=CCc1cccc(/C=C/C=NC(CCCN)C(=O)O)c1O. The third-order valence-electron chi connectivity index (χ3n) is 3.11. The van der Waals surface area contributed by atoms with E-state index in [1.165, 1.54) is 6.21 Å². The standard InChI is InChI=1S/C17H22N2O3/c1-2-6-13-7-3-8-14(16(13)20)9-5-12-19-15(17(21)22)10-4-11-18/h2-3,5,7-9,12,15,20H,1,4,6,10-11,18H2,(H,21,22)/b9-5+,19-12?. The highest BCUT2D eigenvalue weighted by Crippen LogP contribution is 2.24. The van der Waals surface area contributed by atoms with Gasteiger partial charge in [-0.25, -0.2) is 4.79 Å². The second kappa shape index (κ2) is 9.52. The van der Waals surface area contributed by atoms with E-state index in [0.29, 0.717) is 31.4 Å². The quantitative estimate of drug-likeness (QED) is 0.482. The molecule has 0 heterocycles. The molecule has 0 amide bonds. The lowest BCUT2D eigenvalue weighted by Gasteiger charge is -2.05. The van der Waals surface area contributed by atoms with Crippen LogP contribution in [-0.2, 0) is 11.2 Å². The zero-order valence-corrected chi connectivity index (χ0v) is 12.5. The lowest BCUT2D eigenvalue weighted by molar-refractivity contribution is -0.138. The Labute approximate surface area is 130 Å². The van der Waals surface area contributed by atoms with Crippen LogP contribution >= 0.6 is 0 Å². The predicted octanol–water partition coefficient (Wildman–Crippen LogP) is 2.40. The van der Waals surface area contributed by atoms with E-state index >= 15 is 0 Å². The molecule has 22 heavy (non-hydrogen) atoms. The molecule has 1 aromatic rings. The number of hydrogen-bond acceptors (Lipinski definition) is 4. The van der Waals surface area contributed by atoms with Gasteiger partial charge in [-0.2, -0.15) is 0 Å². The van der Waals surface area contributed by atoms with E-state index in [-0.39, 0.29) is 5.75 Å². The number of phenolic OH excluding ortho intramolecular Hbond substituents is 1. The van der Waals surface area contributed by atoms with Crippen LogP contribution in [0.5, 0.6) is 5.75 Å². The fourth-order valence-corrected chi connectivity index (χ4v) is 1.94. The molecule has 0 aromatic heterocycles. The molecule has 1 rings (SSSR count). The summed E-state index contributed by atoms with van der Waals surface area (Å²) in [4.78, 5) is 15.0. The number of allylic oxidation sites excluding steroid dienone is 2. The zero-order valence-electron chi connectivity index (χ0n) is 12.5. The molecular formula is C17H22N2O3. The molecule has 1 aromatic carbocycles. The molecule has 0 aliphatic heterocycles. The molecule has 0 spiro atoms. The number of aromatic hydroxyl groups is 1. The molecule has 0 aliphatic rings. The molecule has 1 atom stereocenters. The van der Waals surface area contributed by atoms with Gasteiger partial charge in [-0.3, -0.25) is 4.99 Å². The van der Waals surface area contributed by atoms with Crippen molar-refractivity contribution in [3.8, 4) is 5.75 Å². The molecule has 0 fully saturated rings. The summed E-state index contributed by atoms with van der Waals surface area (Å²) in [6, 6.07) is 4.66. The molecule has 0 saturated carbocycles. The normalized spacial score (nSPS) is 12.8. The van der Waals surface area contributed by atoms with E-state index in [2.05, 4.69) is 11.6 Å². The number of aliphatic imine (C=N–C) groups is 1. The zero-order chi connectivity index (χ0) is 16.4. The van der Waals surface area contributed by atoms with E-state index in [1.54, 1.807) is 24.3 Å². The van der Waals surface area contributed by atoms with Crippen molar-refractivity contribution in [2.24, 2.45) is 10.7 Å². The smallest absolute Gasteiger partial charge is 0.328 e. The molecule has 4 N–H and O–H groups in total. The Morgan fingerprint density at radius 2 is 2.23 bits per heavy atom. The molecule has 5 heteroatoms. The summed E-state index contributed by atoms with van der Waals surface area (Å²) < 4.78 is 0. The molecule has 0 aliphatic carbocycles. The van der Waals surface area contributed by atoms with Gasteiger partial charge in [0.1, 0.15) is 11.8 Å². The van der Waals surface area contributed by atoms with Crippen molar-refractivity contribution in [3.05, 3.63) is 48.1 Å². The molecular weight excluding hydrogens is 280 g/mol. The largest absolute Gasteiger partial charge is 0.507 e. The Kier molecular flexibility index (Phi) is 7.64. The maximum atomic E-state index is 11.0.